The highest BCUT2D eigenvalue weighted by Gasteiger charge is 2.36. The molecule has 2 rings (SSSR count). The van der Waals surface area contributed by atoms with Crippen LogP contribution in [0.15, 0.2) is 36.5 Å². The average molecular weight is 419 g/mol. The van der Waals surface area contributed by atoms with Gasteiger partial charge in [0.1, 0.15) is 5.82 Å². The molecule has 0 bridgehead atoms. The Morgan fingerprint density at radius 3 is 2.43 bits per heavy atom. The molecule has 0 radical (unpaired) electrons. The van der Waals surface area contributed by atoms with Crippen molar-refractivity contribution in [2.45, 2.75) is 25.6 Å². The molecule has 0 saturated carbocycles. The molecule has 1 amide bonds. The third-order valence-electron chi connectivity index (χ3n) is 3.63. The van der Waals surface area contributed by atoms with E-state index < -0.39 is 40.4 Å². The van der Waals surface area contributed by atoms with E-state index in [2.05, 4.69) is 10.3 Å². The number of benzene rings is 1. The number of amides is 1. The standard InChI is InChI=1S/C18H15ClF4N2O3/c1-2-28-17(27)14(15-13(19)7-11(9-24-15)18(21,22)23)16(26)25-8-10-3-5-12(20)6-4-10/h3-7,9,14H,2,8H2,1H3,(H,25,26)/t14-/m0/s1. The summed E-state index contributed by atoms with van der Waals surface area (Å²) in [5.41, 5.74) is -0.927. The lowest BCUT2D eigenvalue weighted by atomic mass is 10.0. The van der Waals surface area contributed by atoms with Crippen molar-refractivity contribution < 1.29 is 31.9 Å². The number of hydrogen-bond acceptors (Lipinski definition) is 4. The third kappa shape index (κ3) is 5.41. The minimum Gasteiger partial charge on any atom is -0.465 e. The first-order chi connectivity index (χ1) is 13.1. The van der Waals surface area contributed by atoms with Crippen LogP contribution in [0, 0.1) is 5.82 Å². The molecule has 0 aliphatic heterocycles. The van der Waals surface area contributed by atoms with Crippen molar-refractivity contribution in [3.63, 3.8) is 0 Å². The predicted octanol–water partition coefficient (Wildman–Crippen LogP) is 3.86. The maximum absolute atomic E-state index is 12.9. The van der Waals surface area contributed by atoms with Gasteiger partial charge < -0.3 is 10.1 Å². The number of esters is 1. The molecule has 10 heteroatoms. The van der Waals surface area contributed by atoms with E-state index in [9.17, 15) is 27.2 Å². The van der Waals surface area contributed by atoms with Crippen molar-refractivity contribution >= 4 is 23.5 Å². The highest BCUT2D eigenvalue weighted by molar-refractivity contribution is 6.32. The minimum atomic E-state index is -4.68. The van der Waals surface area contributed by atoms with Crippen molar-refractivity contribution in [2.75, 3.05) is 6.61 Å². The number of halogens is 5. The van der Waals surface area contributed by atoms with Gasteiger partial charge in [-0.1, -0.05) is 23.7 Å². The van der Waals surface area contributed by atoms with Crippen molar-refractivity contribution in [3.05, 3.63) is 64.2 Å². The highest BCUT2D eigenvalue weighted by Crippen LogP contribution is 2.33. The maximum atomic E-state index is 12.9. The summed E-state index contributed by atoms with van der Waals surface area (Å²) in [6.45, 7) is 1.40. The lowest BCUT2D eigenvalue weighted by Gasteiger charge is -2.17. The topological polar surface area (TPSA) is 68.3 Å². The van der Waals surface area contributed by atoms with Crippen LogP contribution in [-0.2, 0) is 27.0 Å². The lowest BCUT2D eigenvalue weighted by Crippen LogP contribution is -2.35. The number of aromatic nitrogens is 1. The molecule has 0 fully saturated rings. The summed E-state index contributed by atoms with van der Waals surface area (Å²) in [7, 11) is 0. The molecular weight excluding hydrogens is 404 g/mol. The molecule has 1 aromatic carbocycles. The molecule has 1 aromatic heterocycles. The first-order valence-electron chi connectivity index (χ1n) is 8.05. The number of ether oxygens (including phenoxy) is 1. The van der Waals surface area contributed by atoms with Crippen molar-refractivity contribution in [3.8, 4) is 0 Å². The Bertz CT molecular complexity index is 857. The van der Waals surface area contributed by atoms with E-state index in [0.29, 0.717) is 17.8 Å². The molecule has 2 aromatic rings. The van der Waals surface area contributed by atoms with E-state index in [0.717, 1.165) is 0 Å². The van der Waals surface area contributed by atoms with Gasteiger partial charge in [0.2, 0.25) is 5.91 Å². The Morgan fingerprint density at radius 1 is 1.25 bits per heavy atom. The van der Waals surface area contributed by atoms with Gasteiger partial charge in [-0.2, -0.15) is 13.2 Å². The van der Waals surface area contributed by atoms with Gasteiger partial charge in [-0.05, 0) is 30.7 Å². The van der Waals surface area contributed by atoms with Crippen LogP contribution >= 0.6 is 11.6 Å². The molecule has 0 spiro atoms. The van der Waals surface area contributed by atoms with Crippen LogP contribution in [0.3, 0.4) is 0 Å². The minimum absolute atomic E-state index is 0.0483. The largest absolute Gasteiger partial charge is 0.465 e. The zero-order chi connectivity index (χ0) is 20.9. The summed E-state index contributed by atoms with van der Waals surface area (Å²) in [4.78, 5) is 28.3. The van der Waals surface area contributed by atoms with Crippen molar-refractivity contribution in [2.24, 2.45) is 0 Å². The van der Waals surface area contributed by atoms with Crippen LogP contribution in [0.2, 0.25) is 5.02 Å². The van der Waals surface area contributed by atoms with E-state index >= 15 is 0 Å². The fourth-order valence-electron chi connectivity index (χ4n) is 2.28. The second kappa shape index (κ2) is 9.01. The van der Waals surface area contributed by atoms with E-state index in [1.54, 1.807) is 0 Å². The maximum Gasteiger partial charge on any atom is 0.417 e. The fraction of sp³-hybridized carbons (Fsp3) is 0.278. The second-order valence-corrected chi connectivity index (χ2v) is 6.03. The zero-order valence-corrected chi connectivity index (χ0v) is 15.3. The van der Waals surface area contributed by atoms with Gasteiger partial charge in [-0.3, -0.25) is 14.6 Å². The molecule has 1 heterocycles. The quantitative estimate of drug-likeness (QED) is 0.439. The van der Waals surface area contributed by atoms with Gasteiger partial charge in [0.15, 0.2) is 5.92 Å². The van der Waals surface area contributed by atoms with Crippen LogP contribution in [0.25, 0.3) is 0 Å². The summed E-state index contributed by atoms with van der Waals surface area (Å²) in [5, 5.41) is 1.95. The number of hydrogen-bond donors (Lipinski definition) is 1. The number of nitrogens with zero attached hydrogens (tertiary/aromatic N) is 1. The van der Waals surface area contributed by atoms with Gasteiger partial charge >= 0.3 is 12.1 Å². The number of nitrogens with one attached hydrogen (secondary N) is 1. The summed E-state index contributed by atoms with van der Waals surface area (Å²) >= 11 is 5.86. The SMILES string of the molecule is CCOC(=O)[C@H](C(=O)NCc1ccc(F)cc1)c1ncc(C(F)(F)F)cc1Cl. The first-order valence-corrected chi connectivity index (χ1v) is 8.42. The van der Waals surface area contributed by atoms with Gasteiger partial charge in [0, 0.05) is 12.7 Å². The molecule has 0 aliphatic rings. The summed E-state index contributed by atoms with van der Waals surface area (Å²) in [5.74, 6) is -3.99. The Kier molecular flexibility index (Phi) is 6.95. The summed E-state index contributed by atoms with van der Waals surface area (Å²) in [6.07, 6.45) is -4.19. The Hall–Kier alpha value is -2.68. The van der Waals surface area contributed by atoms with Crippen molar-refractivity contribution in [1.29, 1.82) is 0 Å². The van der Waals surface area contributed by atoms with Crippen LogP contribution in [0.4, 0.5) is 17.6 Å². The third-order valence-corrected chi connectivity index (χ3v) is 3.94. The monoisotopic (exact) mass is 418 g/mol. The molecular formula is C18H15ClF4N2O3. The van der Waals surface area contributed by atoms with Crippen molar-refractivity contribution in [1.82, 2.24) is 10.3 Å². The number of pyridine rings is 1. The predicted molar refractivity (Wildman–Crippen MR) is 91.9 cm³/mol. The molecule has 5 nitrogen and oxygen atoms in total. The van der Waals surface area contributed by atoms with E-state index in [1.807, 2.05) is 0 Å². The van der Waals surface area contributed by atoms with Crippen LogP contribution in [0.1, 0.15) is 29.7 Å². The number of alkyl halides is 3. The second-order valence-electron chi connectivity index (χ2n) is 5.62. The van der Waals surface area contributed by atoms with Crippen LogP contribution < -0.4 is 5.32 Å². The van der Waals surface area contributed by atoms with E-state index in [-0.39, 0.29) is 18.8 Å². The number of rotatable bonds is 6. The Morgan fingerprint density at radius 2 is 1.89 bits per heavy atom. The molecule has 0 saturated heterocycles. The summed E-state index contributed by atoms with van der Waals surface area (Å²) in [6, 6.07) is 5.83. The smallest absolute Gasteiger partial charge is 0.417 e. The normalized spacial score (nSPS) is 12.4. The molecule has 0 aliphatic carbocycles. The van der Waals surface area contributed by atoms with Crippen LogP contribution in [-0.4, -0.2) is 23.5 Å². The molecule has 150 valence electrons. The van der Waals surface area contributed by atoms with Crippen LogP contribution in [0.5, 0.6) is 0 Å². The van der Waals surface area contributed by atoms with E-state index in [1.165, 1.54) is 31.2 Å². The summed E-state index contributed by atoms with van der Waals surface area (Å²) < 4.78 is 56.1. The molecule has 0 unspecified atom stereocenters. The first kappa shape index (κ1) is 21.6. The lowest BCUT2D eigenvalue weighted by molar-refractivity contribution is -0.148. The average Bonchev–Trinajstić information content (AvgIpc) is 2.62. The molecule has 1 N–H and O–H groups in total. The fourth-order valence-corrected chi connectivity index (χ4v) is 2.55. The Balaban J connectivity index is 2.27. The Labute approximate surface area is 162 Å². The molecule has 1 atom stereocenters. The van der Waals surface area contributed by atoms with Gasteiger partial charge in [0.05, 0.1) is 22.9 Å². The van der Waals surface area contributed by atoms with Gasteiger partial charge in [-0.25, -0.2) is 4.39 Å². The van der Waals surface area contributed by atoms with E-state index in [4.69, 9.17) is 16.3 Å². The molecule has 28 heavy (non-hydrogen) atoms. The number of carbonyl (C=O) groups excluding carboxylic acids is 2. The zero-order valence-electron chi connectivity index (χ0n) is 14.5. The van der Waals surface area contributed by atoms with Gasteiger partial charge in [-0.15, -0.1) is 0 Å². The van der Waals surface area contributed by atoms with Gasteiger partial charge in [0.25, 0.3) is 0 Å². The number of carbonyl (C=O) groups is 2. The highest BCUT2D eigenvalue weighted by atomic mass is 35.5.